The molecule has 0 aliphatic carbocycles. The maximum Gasteiger partial charge on any atom is 0.326 e. The van der Waals surface area contributed by atoms with E-state index in [2.05, 4.69) is 17.9 Å². The highest BCUT2D eigenvalue weighted by atomic mass is 32.1. The number of rotatable bonds is 6. The molecular formula is C14H23N3O5S. The van der Waals surface area contributed by atoms with E-state index in [4.69, 9.17) is 10.8 Å². The molecule has 0 spiro atoms. The van der Waals surface area contributed by atoms with Crippen molar-refractivity contribution in [2.75, 3.05) is 5.75 Å². The molecule has 3 amide bonds. The van der Waals surface area contributed by atoms with Crippen LogP contribution in [0.4, 0.5) is 0 Å². The Balaban J connectivity index is 3.10. The van der Waals surface area contributed by atoms with Crippen molar-refractivity contribution in [3.05, 3.63) is 0 Å². The second-order valence-corrected chi connectivity index (χ2v) is 6.26. The van der Waals surface area contributed by atoms with Crippen LogP contribution in [-0.4, -0.2) is 51.2 Å². The van der Waals surface area contributed by atoms with Crippen molar-refractivity contribution in [1.29, 1.82) is 0 Å². The Morgan fingerprint density at radius 2 is 1.78 bits per heavy atom. The van der Waals surface area contributed by atoms with E-state index >= 15 is 0 Å². The third kappa shape index (κ3) is 4.23. The lowest BCUT2D eigenvalue weighted by atomic mass is 10.0. The number of aliphatic carboxylic acids is 1. The molecule has 4 N–H and O–H groups in total. The summed E-state index contributed by atoms with van der Waals surface area (Å²) >= 11 is 4.01. The van der Waals surface area contributed by atoms with Crippen molar-refractivity contribution in [3.63, 3.8) is 0 Å². The maximum absolute atomic E-state index is 12.5. The molecule has 9 heteroatoms. The molecule has 0 aromatic heterocycles. The molecule has 1 heterocycles. The lowest BCUT2D eigenvalue weighted by molar-refractivity contribution is -0.157. The molecule has 0 unspecified atom stereocenters. The van der Waals surface area contributed by atoms with Crippen molar-refractivity contribution < 1.29 is 24.3 Å². The highest BCUT2D eigenvalue weighted by Gasteiger charge is 2.47. The van der Waals surface area contributed by atoms with Crippen molar-refractivity contribution in [3.8, 4) is 0 Å². The molecule has 1 fully saturated rings. The van der Waals surface area contributed by atoms with Gasteiger partial charge in [0.1, 0.15) is 6.04 Å². The van der Waals surface area contributed by atoms with E-state index < -0.39 is 41.3 Å². The van der Waals surface area contributed by atoms with Gasteiger partial charge in [0.2, 0.25) is 11.8 Å². The number of amides is 3. The van der Waals surface area contributed by atoms with E-state index in [-0.39, 0.29) is 18.6 Å². The van der Waals surface area contributed by atoms with Crippen LogP contribution in [0.5, 0.6) is 0 Å². The van der Waals surface area contributed by atoms with Crippen LogP contribution < -0.4 is 11.1 Å². The van der Waals surface area contributed by atoms with Gasteiger partial charge in [0.15, 0.2) is 5.66 Å². The number of imide groups is 1. The largest absolute Gasteiger partial charge is 0.480 e. The Morgan fingerprint density at radius 3 is 2.13 bits per heavy atom. The average molecular weight is 345 g/mol. The average Bonchev–Trinajstić information content (AvgIpc) is 2.64. The van der Waals surface area contributed by atoms with E-state index in [0.29, 0.717) is 12.8 Å². The predicted octanol–water partition coefficient (Wildman–Crippen LogP) is -0.274. The Bertz CT molecular complexity index is 493. The number of hydrogen-bond donors (Lipinski definition) is 4. The lowest BCUT2D eigenvalue weighted by Crippen LogP contribution is -2.70. The van der Waals surface area contributed by atoms with Crippen LogP contribution in [0.25, 0.3) is 0 Å². The van der Waals surface area contributed by atoms with Crippen molar-refractivity contribution in [2.24, 2.45) is 11.7 Å². The first kappa shape index (κ1) is 19.4. The normalized spacial score (nSPS) is 20.0. The SMILES string of the molecule is CC(C)[C@H](NC(=O)[C@](N)(CS)N1C(=O)CCCCC1=O)C(=O)O. The Morgan fingerprint density at radius 1 is 1.30 bits per heavy atom. The number of nitrogens with one attached hydrogen (secondary N) is 1. The minimum absolute atomic E-state index is 0.109. The number of carboxylic acids is 1. The van der Waals surface area contributed by atoms with Gasteiger partial charge < -0.3 is 10.4 Å². The van der Waals surface area contributed by atoms with Crippen LogP contribution >= 0.6 is 12.6 Å². The van der Waals surface area contributed by atoms with Gasteiger partial charge in [-0.2, -0.15) is 12.6 Å². The topological polar surface area (TPSA) is 130 Å². The molecule has 130 valence electrons. The number of nitrogens with two attached hydrogens (primary N) is 1. The molecule has 2 atom stereocenters. The Kier molecular flexibility index (Phi) is 6.57. The lowest BCUT2D eigenvalue weighted by Gasteiger charge is -2.37. The van der Waals surface area contributed by atoms with Gasteiger partial charge >= 0.3 is 5.97 Å². The van der Waals surface area contributed by atoms with Crippen molar-refractivity contribution in [1.82, 2.24) is 10.2 Å². The van der Waals surface area contributed by atoms with Crippen molar-refractivity contribution in [2.45, 2.75) is 51.2 Å². The van der Waals surface area contributed by atoms with Crippen LogP contribution in [-0.2, 0) is 19.2 Å². The molecule has 8 nitrogen and oxygen atoms in total. The highest BCUT2D eigenvalue weighted by molar-refractivity contribution is 7.80. The summed E-state index contributed by atoms with van der Waals surface area (Å²) in [6.45, 7) is 3.25. The fraction of sp³-hybridized carbons (Fsp3) is 0.714. The van der Waals surface area contributed by atoms with Crippen molar-refractivity contribution >= 4 is 36.3 Å². The number of carbonyl (C=O) groups is 4. The van der Waals surface area contributed by atoms with Crippen LogP contribution in [0.3, 0.4) is 0 Å². The third-order valence-electron chi connectivity index (χ3n) is 3.78. The predicted molar refractivity (Wildman–Crippen MR) is 85.5 cm³/mol. The monoisotopic (exact) mass is 345 g/mol. The zero-order valence-electron chi connectivity index (χ0n) is 13.2. The van der Waals surface area contributed by atoms with Gasteiger partial charge in [-0.15, -0.1) is 0 Å². The first-order valence-corrected chi connectivity index (χ1v) is 8.07. The first-order chi connectivity index (χ1) is 10.6. The third-order valence-corrected chi connectivity index (χ3v) is 4.26. The first-order valence-electron chi connectivity index (χ1n) is 7.44. The van der Waals surface area contributed by atoms with Crippen LogP contribution in [0, 0.1) is 5.92 Å². The standard InChI is InChI=1S/C14H23N3O5S/c1-8(2)11(12(20)21)16-13(22)14(15,7-23)17-9(18)5-3-4-6-10(17)19/h8,11,23H,3-7,15H2,1-2H3,(H,16,22)(H,20,21)/t11-,14-/m0/s1. The highest BCUT2D eigenvalue weighted by Crippen LogP contribution is 2.21. The summed E-state index contributed by atoms with van der Waals surface area (Å²) in [6, 6.07) is -1.18. The molecule has 1 aliphatic heterocycles. The molecule has 0 radical (unpaired) electrons. The molecule has 0 bridgehead atoms. The fourth-order valence-corrected chi connectivity index (χ4v) is 2.67. The summed E-state index contributed by atoms with van der Waals surface area (Å²) in [6.07, 6.45) is 1.29. The molecule has 1 saturated heterocycles. The Labute approximate surface area is 140 Å². The number of hydrogen-bond acceptors (Lipinski definition) is 6. The zero-order valence-corrected chi connectivity index (χ0v) is 14.1. The van der Waals surface area contributed by atoms with E-state index in [9.17, 15) is 19.2 Å². The van der Waals surface area contributed by atoms with Gasteiger partial charge in [0.05, 0.1) is 0 Å². The molecule has 1 rings (SSSR count). The van der Waals surface area contributed by atoms with Crippen LogP contribution in [0.15, 0.2) is 0 Å². The quantitative estimate of drug-likeness (QED) is 0.387. The van der Waals surface area contributed by atoms with Gasteiger partial charge in [-0.05, 0) is 18.8 Å². The van der Waals surface area contributed by atoms with Gasteiger partial charge in [-0.3, -0.25) is 25.0 Å². The molecule has 23 heavy (non-hydrogen) atoms. The minimum atomic E-state index is -2.01. The fourth-order valence-electron chi connectivity index (χ4n) is 2.38. The van der Waals surface area contributed by atoms with Gasteiger partial charge in [0, 0.05) is 18.6 Å². The van der Waals surface area contributed by atoms with Gasteiger partial charge in [0.25, 0.3) is 5.91 Å². The summed E-state index contributed by atoms with van der Waals surface area (Å²) in [5.41, 5.74) is 4.01. The molecular weight excluding hydrogens is 322 g/mol. The second-order valence-electron chi connectivity index (χ2n) is 5.95. The summed E-state index contributed by atoms with van der Waals surface area (Å²) in [5.74, 6) is -3.91. The molecule has 0 aromatic carbocycles. The second kappa shape index (κ2) is 7.78. The maximum atomic E-state index is 12.5. The molecule has 1 aliphatic rings. The summed E-state index contributed by atoms with van der Waals surface area (Å²) in [7, 11) is 0. The number of thiol groups is 1. The number of nitrogens with zero attached hydrogens (tertiary/aromatic N) is 1. The smallest absolute Gasteiger partial charge is 0.326 e. The summed E-state index contributed by atoms with van der Waals surface area (Å²) < 4.78 is 0. The van der Waals surface area contributed by atoms with E-state index in [0.717, 1.165) is 4.90 Å². The van der Waals surface area contributed by atoms with E-state index in [1.54, 1.807) is 13.8 Å². The van der Waals surface area contributed by atoms with Crippen LogP contribution in [0.1, 0.15) is 39.5 Å². The Hall–Kier alpha value is -1.61. The molecule has 0 saturated carbocycles. The number of likely N-dealkylation sites (tertiary alicyclic amines) is 1. The summed E-state index contributed by atoms with van der Waals surface area (Å²) in [5, 5.41) is 11.5. The molecule has 0 aromatic rings. The van der Waals surface area contributed by atoms with Gasteiger partial charge in [-0.1, -0.05) is 13.8 Å². The van der Waals surface area contributed by atoms with Gasteiger partial charge in [-0.25, -0.2) is 4.79 Å². The zero-order chi connectivity index (χ0) is 17.8. The van der Waals surface area contributed by atoms with E-state index in [1.807, 2.05) is 0 Å². The van der Waals surface area contributed by atoms with E-state index in [1.165, 1.54) is 0 Å². The van der Waals surface area contributed by atoms with Crippen LogP contribution in [0.2, 0.25) is 0 Å². The minimum Gasteiger partial charge on any atom is -0.480 e. The number of carbonyl (C=O) groups excluding carboxylic acids is 3. The summed E-state index contributed by atoms with van der Waals surface area (Å²) in [4.78, 5) is 48.9. The number of carboxylic acid groups (broad SMARTS) is 1.